The van der Waals surface area contributed by atoms with Gasteiger partial charge >= 0.3 is 0 Å². The Hall–Kier alpha value is -1.80. The second-order valence-electron chi connectivity index (χ2n) is 4.69. The number of ether oxygens (including phenoxy) is 1. The molecule has 2 heteroatoms. The number of hydrogen-bond acceptors (Lipinski definition) is 2. The van der Waals surface area contributed by atoms with Crippen LogP contribution in [0.5, 0.6) is 5.75 Å². The van der Waals surface area contributed by atoms with Crippen molar-refractivity contribution in [2.24, 2.45) is 5.73 Å². The third-order valence-corrected chi connectivity index (χ3v) is 3.44. The lowest BCUT2D eigenvalue weighted by molar-refractivity contribution is 0.317. The Kier molecular flexibility index (Phi) is 3.03. The molecule has 0 fully saturated rings. The van der Waals surface area contributed by atoms with E-state index in [1.165, 1.54) is 5.56 Å². The minimum atomic E-state index is 0.0890. The molecular weight excluding hydrogens is 222 g/mol. The van der Waals surface area contributed by atoms with Crippen LogP contribution in [0.4, 0.5) is 0 Å². The van der Waals surface area contributed by atoms with E-state index in [9.17, 15) is 0 Å². The number of benzene rings is 2. The molecule has 1 atom stereocenters. The molecule has 2 nitrogen and oxygen atoms in total. The van der Waals surface area contributed by atoms with Crippen molar-refractivity contribution in [3.8, 4) is 16.9 Å². The van der Waals surface area contributed by atoms with E-state index in [0.717, 1.165) is 36.3 Å². The van der Waals surface area contributed by atoms with Crippen molar-refractivity contribution in [3.05, 3.63) is 54.1 Å². The normalized spacial score (nSPS) is 18.6. The zero-order valence-electron chi connectivity index (χ0n) is 10.3. The van der Waals surface area contributed by atoms with Crippen molar-refractivity contribution in [1.82, 2.24) is 0 Å². The number of rotatable bonds is 1. The highest BCUT2D eigenvalue weighted by Crippen LogP contribution is 2.38. The predicted molar refractivity (Wildman–Crippen MR) is 73.5 cm³/mol. The first-order valence-corrected chi connectivity index (χ1v) is 6.43. The van der Waals surface area contributed by atoms with Gasteiger partial charge in [-0.15, -0.1) is 0 Å². The van der Waals surface area contributed by atoms with Gasteiger partial charge in [0.1, 0.15) is 5.75 Å². The van der Waals surface area contributed by atoms with Crippen molar-refractivity contribution >= 4 is 0 Å². The van der Waals surface area contributed by atoms with Crippen LogP contribution >= 0.6 is 0 Å². The average molecular weight is 239 g/mol. The van der Waals surface area contributed by atoms with E-state index in [-0.39, 0.29) is 6.04 Å². The molecule has 1 aliphatic rings. The molecule has 2 aromatic rings. The lowest BCUT2D eigenvalue weighted by atomic mass is 9.97. The zero-order valence-corrected chi connectivity index (χ0v) is 10.3. The van der Waals surface area contributed by atoms with E-state index < -0.39 is 0 Å². The van der Waals surface area contributed by atoms with Gasteiger partial charge in [0, 0.05) is 17.2 Å². The van der Waals surface area contributed by atoms with Crippen molar-refractivity contribution in [2.75, 3.05) is 6.61 Å². The van der Waals surface area contributed by atoms with Gasteiger partial charge in [-0.2, -0.15) is 0 Å². The molecule has 0 saturated carbocycles. The molecule has 2 aromatic carbocycles. The maximum Gasteiger partial charge on any atom is 0.131 e. The lowest BCUT2D eigenvalue weighted by Crippen LogP contribution is -2.09. The molecule has 1 heterocycles. The molecule has 1 unspecified atom stereocenters. The van der Waals surface area contributed by atoms with Gasteiger partial charge < -0.3 is 10.5 Å². The summed E-state index contributed by atoms with van der Waals surface area (Å²) in [5.74, 6) is 0.966. The van der Waals surface area contributed by atoms with Crippen LogP contribution in [0.25, 0.3) is 11.1 Å². The summed E-state index contributed by atoms with van der Waals surface area (Å²) < 4.78 is 5.92. The maximum atomic E-state index is 6.21. The molecular formula is C16H17NO. The summed E-state index contributed by atoms with van der Waals surface area (Å²) in [5, 5.41) is 0. The highest BCUT2D eigenvalue weighted by atomic mass is 16.5. The second-order valence-corrected chi connectivity index (χ2v) is 4.69. The molecule has 0 aliphatic carbocycles. The summed E-state index contributed by atoms with van der Waals surface area (Å²) in [7, 11) is 0. The third kappa shape index (κ3) is 2.00. The molecule has 92 valence electrons. The molecule has 1 aliphatic heterocycles. The molecule has 3 rings (SSSR count). The largest absolute Gasteiger partial charge is 0.493 e. The number of nitrogens with two attached hydrogens (primary N) is 1. The van der Waals surface area contributed by atoms with Crippen molar-refractivity contribution in [2.45, 2.75) is 18.9 Å². The fourth-order valence-corrected chi connectivity index (χ4v) is 2.49. The van der Waals surface area contributed by atoms with Gasteiger partial charge in [-0.3, -0.25) is 0 Å². The first-order chi connectivity index (χ1) is 8.86. The summed E-state index contributed by atoms with van der Waals surface area (Å²) in [4.78, 5) is 0. The molecule has 0 saturated heterocycles. The minimum absolute atomic E-state index is 0.0890. The summed E-state index contributed by atoms with van der Waals surface area (Å²) in [6.45, 7) is 0.755. The Labute approximate surface area is 107 Å². The molecule has 0 spiro atoms. The molecule has 0 amide bonds. The van der Waals surface area contributed by atoms with Crippen LogP contribution < -0.4 is 10.5 Å². The summed E-state index contributed by atoms with van der Waals surface area (Å²) >= 11 is 0. The van der Waals surface area contributed by atoms with E-state index in [1.807, 2.05) is 18.2 Å². The van der Waals surface area contributed by atoms with E-state index in [2.05, 4.69) is 30.3 Å². The fraction of sp³-hybridized carbons (Fsp3) is 0.250. The Bertz CT molecular complexity index is 536. The fourth-order valence-electron chi connectivity index (χ4n) is 2.49. The number of fused-ring (bicyclic) bond motifs is 1. The van der Waals surface area contributed by atoms with Crippen LogP contribution in [0, 0.1) is 0 Å². The van der Waals surface area contributed by atoms with Gasteiger partial charge in [0.15, 0.2) is 0 Å². The van der Waals surface area contributed by atoms with Crippen LogP contribution in [0.15, 0.2) is 48.5 Å². The Balaban J connectivity index is 2.14. The van der Waals surface area contributed by atoms with Gasteiger partial charge in [-0.1, -0.05) is 48.5 Å². The number of hydrogen-bond donors (Lipinski definition) is 1. The molecule has 0 aromatic heterocycles. The van der Waals surface area contributed by atoms with Gasteiger partial charge in [0.05, 0.1) is 6.61 Å². The molecule has 0 bridgehead atoms. The highest BCUT2D eigenvalue weighted by Gasteiger charge is 2.19. The van der Waals surface area contributed by atoms with Gasteiger partial charge in [0.2, 0.25) is 0 Å². The lowest BCUT2D eigenvalue weighted by Gasteiger charge is -2.15. The third-order valence-electron chi connectivity index (χ3n) is 3.44. The predicted octanol–water partition coefficient (Wildman–Crippen LogP) is 3.53. The highest BCUT2D eigenvalue weighted by molar-refractivity contribution is 5.72. The topological polar surface area (TPSA) is 35.2 Å². The zero-order chi connectivity index (χ0) is 12.4. The number of para-hydroxylation sites is 1. The summed E-state index contributed by atoms with van der Waals surface area (Å²) in [6, 6.07) is 16.7. The summed E-state index contributed by atoms with van der Waals surface area (Å²) in [5.41, 5.74) is 9.67. The molecule has 0 radical (unpaired) electrons. The maximum absolute atomic E-state index is 6.21. The van der Waals surface area contributed by atoms with Gasteiger partial charge in [0.25, 0.3) is 0 Å². The van der Waals surface area contributed by atoms with Crippen LogP contribution in [-0.2, 0) is 0 Å². The summed E-state index contributed by atoms with van der Waals surface area (Å²) in [6.07, 6.45) is 2.01. The van der Waals surface area contributed by atoms with E-state index in [4.69, 9.17) is 10.5 Å². The van der Waals surface area contributed by atoms with Crippen molar-refractivity contribution in [3.63, 3.8) is 0 Å². The monoisotopic (exact) mass is 239 g/mol. The van der Waals surface area contributed by atoms with Crippen LogP contribution in [0.1, 0.15) is 24.4 Å². The van der Waals surface area contributed by atoms with Crippen molar-refractivity contribution in [1.29, 1.82) is 0 Å². The molecule has 2 N–H and O–H groups in total. The van der Waals surface area contributed by atoms with E-state index in [1.54, 1.807) is 0 Å². The first kappa shape index (κ1) is 11.3. The second kappa shape index (κ2) is 4.83. The SMILES string of the molecule is NC1CCCOc2c(-c3ccccc3)cccc21. The van der Waals surface area contributed by atoms with E-state index in [0.29, 0.717) is 0 Å². The Morgan fingerprint density at radius 3 is 2.67 bits per heavy atom. The minimum Gasteiger partial charge on any atom is -0.493 e. The Morgan fingerprint density at radius 2 is 1.83 bits per heavy atom. The average Bonchev–Trinajstić information content (AvgIpc) is 2.62. The van der Waals surface area contributed by atoms with Crippen LogP contribution in [-0.4, -0.2) is 6.61 Å². The Morgan fingerprint density at radius 1 is 1.00 bits per heavy atom. The van der Waals surface area contributed by atoms with E-state index >= 15 is 0 Å². The van der Waals surface area contributed by atoms with Gasteiger partial charge in [-0.05, 0) is 18.4 Å². The molecule has 18 heavy (non-hydrogen) atoms. The quantitative estimate of drug-likeness (QED) is 0.826. The van der Waals surface area contributed by atoms with Gasteiger partial charge in [-0.25, -0.2) is 0 Å². The first-order valence-electron chi connectivity index (χ1n) is 6.43. The van der Waals surface area contributed by atoms with Crippen molar-refractivity contribution < 1.29 is 4.74 Å². The van der Waals surface area contributed by atoms with Crippen LogP contribution in [0.3, 0.4) is 0 Å². The van der Waals surface area contributed by atoms with Crippen LogP contribution in [0.2, 0.25) is 0 Å². The smallest absolute Gasteiger partial charge is 0.131 e. The standard InChI is InChI=1S/C16H17NO/c17-15-10-5-11-18-16-13(8-4-9-14(15)16)12-6-2-1-3-7-12/h1-4,6-9,15H,5,10-11,17H2.